The van der Waals surface area contributed by atoms with E-state index in [-0.39, 0.29) is 13.1 Å². The molecular formula is C10H12F2N2O3S. The Morgan fingerprint density at radius 2 is 2.06 bits per heavy atom. The molecule has 0 aromatic heterocycles. The zero-order valence-electron chi connectivity index (χ0n) is 9.31. The molecule has 1 aliphatic rings. The van der Waals surface area contributed by atoms with Crippen molar-refractivity contribution in [3.8, 4) is 0 Å². The molecular weight excluding hydrogens is 266 g/mol. The van der Waals surface area contributed by atoms with Gasteiger partial charge in [0, 0.05) is 13.1 Å². The molecule has 1 heterocycles. The molecule has 3 N–H and O–H groups in total. The average molecular weight is 278 g/mol. The van der Waals surface area contributed by atoms with E-state index in [1.165, 1.54) is 0 Å². The first-order valence-corrected chi connectivity index (χ1v) is 6.69. The predicted octanol–water partition coefficient (Wildman–Crippen LogP) is 0.302. The fourth-order valence-electron chi connectivity index (χ4n) is 1.81. The number of halogens is 2. The van der Waals surface area contributed by atoms with Gasteiger partial charge in [0.2, 0.25) is 10.0 Å². The monoisotopic (exact) mass is 278 g/mol. The van der Waals surface area contributed by atoms with E-state index < -0.39 is 38.3 Å². The number of aliphatic hydroxyl groups is 1. The molecule has 8 heteroatoms. The Kier molecular flexibility index (Phi) is 3.26. The minimum Gasteiger partial charge on any atom is -0.396 e. The van der Waals surface area contributed by atoms with E-state index in [2.05, 4.69) is 0 Å². The van der Waals surface area contributed by atoms with Crippen LogP contribution in [0.25, 0.3) is 0 Å². The summed E-state index contributed by atoms with van der Waals surface area (Å²) >= 11 is 0. The molecule has 0 saturated carbocycles. The number of benzene rings is 1. The fourth-order valence-corrected chi connectivity index (χ4v) is 3.35. The third-order valence-electron chi connectivity index (χ3n) is 2.79. The molecule has 100 valence electrons. The maximum absolute atomic E-state index is 13.1. The van der Waals surface area contributed by atoms with Crippen molar-refractivity contribution < 1.29 is 22.3 Å². The molecule has 1 saturated heterocycles. The number of rotatable bonds is 2. The lowest BCUT2D eigenvalue weighted by atomic mass is 10.3. The van der Waals surface area contributed by atoms with Gasteiger partial charge in [0.1, 0.15) is 0 Å². The van der Waals surface area contributed by atoms with Crippen LogP contribution in [0, 0.1) is 11.6 Å². The highest BCUT2D eigenvalue weighted by Gasteiger charge is 2.32. The summed E-state index contributed by atoms with van der Waals surface area (Å²) in [5.74, 6) is -2.58. The summed E-state index contributed by atoms with van der Waals surface area (Å²) in [7, 11) is -3.95. The largest absolute Gasteiger partial charge is 0.396 e. The predicted molar refractivity (Wildman–Crippen MR) is 60.2 cm³/mol. The molecule has 2 rings (SSSR count). The van der Waals surface area contributed by atoms with Gasteiger partial charge in [-0.3, -0.25) is 0 Å². The maximum Gasteiger partial charge on any atom is 0.243 e. The molecule has 0 aliphatic carbocycles. The molecule has 0 bridgehead atoms. The van der Waals surface area contributed by atoms with Crippen LogP contribution in [0.2, 0.25) is 0 Å². The van der Waals surface area contributed by atoms with Gasteiger partial charge in [-0.25, -0.2) is 17.2 Å². The molecule has 0 radical (unpaired) electrons. The second-order valence-electron chi connectivity index (χ2n) is 4.11. The second kappa shape index (κ2) is 4.45. The molecule has 1 aromatic carbocycles. The maximum atomic E-state index is 13.1. The summed E-state index contributed by atoms with van der Waals surface area (Å²) in [5.41, 5.74) is 4.64. The van der Waals surface area contributed by atoms with Crippen molar-refractivity contribution >= 4 is 15.7 Å². The van der Waals surface area contributed by atoms with Crippen LogP contribution in [-0.4, -0.2) is 37.0 Å². The molecule has 1 aromatic rings. The van der Waals surface area contributed by atoms with Gasteiger partial charge in [0.05, 0.1) is 16.7 Å². The van der Waals surface area contributed by atoms with Gasteiger partial charge in [0.25, 0.3) is 0 Å². The molecule has 0 spiro atoms. The molecule has 1 unspecified atom stereocenters. The van der Waals surface area contributed by atoms with Crippen LogP contribution < -0.4 is 5.73 Å². The highest BCUT2D eigenvalue weighted by molar-refractivity contribution is 7.89. The third-order valence-corrected chi connectivity index (χ3v) is 4.64. The lowest BCUT2D eigenvalue weighted by Crippen LogP contribution is -2.30. The normalized spacial score (nSPS) is 21.4. The Bertz CT molecular complexity index is 553. The minimum atomic E-state index is -3.95. The molecule has 18 heavy (non-hydrogen) atoms. The Balaban J connectivity index is 2.42. The number of sulfonamides is 1. The summed E-state index contributed by atoms with van der Waals surface area (Å²) in [6, 6.07) is 1.46. The van der Waals surface area contributed by atoms with Crippen molar-refractivity contribution in [3.63, 3.8) is 0 Å². The Labute approximate surface area is 103 Å². The number of nitrogens with two attached hydrogens (primary N) is 1. The average Bonchev–Trinajstić information content (AvgIpc) is 2.72. The topological polar surface area (TPSA) is 83.6 Å². The van der Waals surface area contributed by atoms with E-state index in [1.54, 1.807) is 0 Å². The molecule has 0 amide bonds. The van der Waals surface area contributed by atoms with E-state index in [1.807, 2.05) is 0 Å². The zero-order valence-corrected chi connectivity index (χ0v) is 10.1. The van der Waals surface area contributed by atoms with Crippen molar-refractivity contribution in [2.45, 2.75) is 17.4 Å². The van der Waals surface area contributed by atoms with Gasteiger partial charge in [-0.05, 0) is 18.6 Å². The fraction of sp³-hybridized carbons (Fsp3) is 0.400. The molecule has 1 atom stereocenters. The van der Waals surface area contributed by atoms with Crippen LogP contribution in [0.1, 0.15) is 6.42 Å². The van der Waals surface area contributed by atoms with Gasteiger partial charge in [-0.2, -0.15) is 4.31 Å². The summed E-state index contributed by atoms with van der Waals surface area (Å²) < 4.78 is 51.3. The van der Waals surface area contributed by atoms with Crippen molar-refractivity contribution in [2.24, 2.45) is 0 Å². The SMILES string of the molecule is Nc1cc(S(=O)(=O)N2CCC(O)C2)cc(F)c1F. The number of nitrogens with zero attached hydrogens (tertiary/aromatic N) is 1. The van der Waals surface area contributed by atoms with E-state index in [0.717, 1.165) is 10.4 Å². The highest BCUT2D eigenvalue weighted by Crippen LogP contribution is 2.25. The highest BCUT2D eigenvalue weighted by atomic mass is 32.2. The van der Waals surface area contributed by atoms with E-state index >= 15 is 0 Å². The molecule has 1 aliphatic heterocycles. The van der Waals surface area contributed by atoms with Gasteiger partial charge in [-0.1, -0.05) is 0 Å². The van der Waals surface area contributed by atoms with Crippen LogP contribution in [0.5, 0.6) is 0 Å². The molecule has 5 nitrogen and oxygen atoms in total. The number of hydrogen-bond acceptors (Lipinski definition) is 4. The van der Waals surface area contributed by atoms with Crippen molar-refractivity contribution in [3.05, 3.63) is 23.8 Å². The summed E-state index contributed by atoms with van der Waals surface area (Å²) in [4.78, 5) is -0.409. The Hall–Kier alpha value is -1.25. The van der Waals surface area contributed by atoms with E-state index in [9.17, 15) is 22.3 Å². The Morgan fingerprint density at radius 3 is 2.56 bits per heavy atom. The standard InChI is InChI=1S/C10H12F2N2O3S/c11-8-3-7(4-9(13)10(8)12)18(16,17)14-2-1-6(15)5-14/h3-4,6,15H,1-2,5,13H2. The van der Waals surface area contributed by atoms with Crippen LogP contribution in [-0.2, 0) is 10.0 Å². The first-order chi connectivity index (χ1) is 8.32. The van der Waals surface area contributed by atoms with Crippen molar-refractivity contribution in [1.82, 2.24) is 4.31 Å². The van der Waals surface area contributed by atoms with Gasteiger partial charge < -0.3 is 10.8 Å². The van der Waals surface area contributed by atoms with E-state index in [0.29, 0.717) is 12.5 Å². The minimum absolute atomic E-state index is 0.0543. The van der Waals surface area contributed by atoms with Crippen molar-refractivity contribution in [2.75, 3.05) is 18.8 Å². The lowest BCUT2D eigenvalue weighted by Gasteiger charge is -2.16. The number of nitrogen functional groups attached to an aromatic ring is 1. The van der Waals surface area contributed by atoms with Gasteiger partial charge in [0.15, 0.2) is 11.6 Å². The number of β-amino-alcohol motifs (C(OH)–C–C–N with tert-alkyl or cyclic N) is 1. The van der Waals surface area contributed by atoms with Gasteiger partial charge in [-0.15, -0.1) is 0 Å². The van der Waals surface area contributed by atoms with E-state index in [4.69, 9.17) is 5.73 Å². The van der Waals surface area contributed by atoms with Crippen LogP contribution in [0.4, 0.5) is 14.5 Å². The van der Waals surface area contributed by atoms with Crippen molar-refractivity contribution in [1.29, 1.82) is 0 Å². The number of aliphatic hydroxyl groups excluding tert-OH is 1. The third kappa shape index (κ3) is 2.18. The summed E-state index contributed by atoms with van der Waals surface area (Å²) in [6.45, 7) is 0.0869. The van der Waals surface area contributed by atoms with Crippen LogP contribution >= 0.6 is 0 Å². The van der Waals surface area contributed by atoms with Gasteiger partial charge >= 0.3 is 0 Å². The number of hydrogen-bond donors (Lipinski definition) is 2. The first-order valence-electron chi connectivity index (χ1n) is 5.25. The van der Waals surface area contributed by atoms with Crippen LogP contribution in [0.15, 0.2) is 17.0 Å². The Morgan fingerprint density at radius 1 is 1.39 bits per heavy atom. The molecule has 1 fully saturated rings. The zero-order chi connectivity index (χ0) is 13.5. The summed E-state index contributed by atoms with van der Waals surface area (Å²) in [5, 5.41) is 9.30. The first kappa shape index (κ1) is 13.2. The second-order valence-corrected chi connectivity index (χ2v) is 6.05. The lowest BCUT2D eigenvalue weighted by molar-refractivity contribution is 0.189. The van der Waals surface area contributed by atoms with Crippen LogP contribution in [0.3, 0.4) is 0 Å². The summed E-state index contributed by atoms with van der Waals surface area (Å²) in [6.07, 6.45) is -0.416. The quantitative estimate of drug-likeness (QED) is 0.762. The number of anilines is 1. The smallest absolute Gasteiger partial charge is 0.243 e.